The molecule has 0 aliphatic heterocycles. The van der Waals surface area contributed by atoms with Crippen molar-refractivity contribution in [3.63, 3.8) is 0 Å². The molecule has 0 aromatic carbocycles. The number of carbonyl (C=O) groups is 1. The number of fused-ring (bicyclic) bond motifs is 1. The summed E-state index contributed by atoms with van der Waals surface area (Å²) in [6, 6.07) is 3.94. The second-order valence-corrected chi connectivity index (χ2v) is 7.10. The first-order valence-corrected chi connectivity index (χ1v) is 9.38. The fraction of sp³-hybridized carbons (Fsp3) is 0.312. The van der Waals surface area contributed by atoms with Crippen LogP contribution in [0.1, 0.15) is 6.42 Å². The van der Waals surface area contributed by atoms with Crippen molar-refractivity contribution in [1.29, 1.82) is 0 Å². The Kier molecular flexibility index (Phi) is 5.39. The lowest BCUT2D eigenvalue weighted by atomic mass is 10.2. The van der Waals surface area contributed by atoms with Gasteiger partial charge in [0.1, 0.15) is 11.4 Å². The van der Waals surface area contributed by atoms with E-state index in [0.29, 0.717) is 16.8 Å². The predicted octanol–water partition coefficient (Wildman–Crippen LogP) is 1.91. The fourth-order valence-electron chi connectivity index (χ4n) is 2.40. The van der Waals surface area contributed by atoms with Gasteiger partial charge in [-0.2, -0.15) is 0 Å². The first kappa shape index (κ1) is 16.8. The highest BCUT2D eigenvalue weighted by atomic mass is 32.1. The lowest BCUT2D eigenvalue weighted by molar-refractivity contribution is -0.121. The largest absolute Gasteiger partial charge is 0.355 e. The molecule has 3 heterocycles. The van der Waals surface area contributed by atoms with Crippen LogP contribution in [0, 0.1) is 0 Å². The summed E-state index contributed by atoms with van der Waals surface area (Å²) in [5.74, 6) is -0.178. The maximum atomic E-state index is 12.8. The number of aromatic nitrogens is 2. The van der Waals surface area contributed by atoms with Crippen molar-refractivity contribution < 1.29 is 4.79 Å². The van der Waals surface area contributed by atoms with Crippen molar-refractivity contribution in [1.82, 2.24) is 20.2 Å². The molecule has 6 nitrogen and oxygen atoms in total. The van der Waals surface area contributed by atoms with E-state index in [-0.39, 0.29) is 18.0 Å². The second kappa shape index (κ2) is 7.69. The minimum Gasteiger partial charge on any atom is -0.355 e. The summed E-state index contributed by atoms with van der Waals surface area (Å²) in [7, 11) is 1.87. The second-order valence-electron chi connectivity index (χ2n) is 5.29. The molecule has 0 spiro atoms. The third-order valence-corrected chi connectivity index (χ3v) is 5.38. The summed E-state index contributed by atoms with van der Waals surface area (Å²) in [6.07, 6.45) is 2.30. The zero-order valence-electron chi connectivity index (χ0n) is 13.2. The summed E-state index contributed by atoms with van der Waals surface area (Å²) in [6.45, 7) is 1.41. The van der Waals surface area contributed by atoms with Crippen molar-refractivity contribution in [3.8, 4) is 10.4 Å². The molecule has 0 aliphatic rings. The number of carbonyl (C=O) groups excluding carboxylic acids is 1. The maximum Gasteiger partial charge on any atom is 0.263 e. The van der Waals surface area contributed by atoms with Gasteiger partial charge in [0.05, 0.1) is 11.7 Å². The monoisotopic (exact) mass is 362 g/mol. The van der Waals surface area contributed by atoms with Crippen LogP contribution >= 0.6 is 22.7 Å². The Labute approximate surface area is 147 Å². The zero-order chi connectivity index (χ0) is 16.9. The summed E-state index contributed by atoms with van der Waals surface area (Å²) < 4.78 is 1.37. The minimum absolute atomic E-state index is 0.0128. The van der Waals surface area contributed by atoms with Crippen molar-refractivity contribution >= 4 is 38.8 Å². The van der Waals surface area contributed by atoms with E-state index in [1.807, 2.05) is 29.9 Å². The van der Waals surface area contributed by atoms with Crippen LogP contribution in [0.25, 0.3) is 20.7 Å². The van der Waals surface area contributed by atoms with E-state index in [0.717, 1.165) is 23.4 Å². The van der Waals surface area contributed by atoms with Crippen LogP contribution in [-0.4, -0.2) is 35.6 Å². The summed E-state index contributed by atoms with van der Waals surface area (Å²) in [5.41, 5.74) is 0.723. The normalized spacial score (nSPS) is 11.0. The lowest BCUT2D eigenvalue weighted by Gasteiger charge is -2.07. The molecule has 0 aliphatic carbocycles. The smallest absolute Gasteiger partial charge is 0.263 e. The zero-order valence-corrected chi connectivity index (χ0v) is 14.9. The molecule has 1 amide bonds. The van der Waals surface area contributed by atoms with Crippen LogP contribution < -0.4 is 16.2 Å². The number of amides is 1. The van der Waals surface area contributed by atoms with Crippen LogP contribution in [0.2, 0.25) is 0 Å². The maximum absolute atomic E-state index is 12.8. The number of hydrogen-bond acceptors (Lipinski definition) is 6. The number of nitrogens with zero attached hydrogens (tertiary/aromatic N) is 2. The van der Waals surface area contributed by atoms with Crippen molar-refractivity contribution in [2.24, 2.45) is 0 Å². The standard InChI is InChI=1S/C16H18N4O2S2/c1-17-5-3-6-18-13(21)8-20-10-19-15-14(16(20)22)11(9-24-15)12-4-2-7-23-12/h2,4,7,9-10,17H,3,5-6,8H2,1H3,(H,18,21). The van der Waals surface area contributed by atoms with E-state index < -0.39 is 0 Å². The molecule has 3 aromatic rings. The SMILES string of the molecule is CNCCCNC(=O)Cn1cnc2scc(-c3cccs3)c2c1=O. The van der Waals surface area contributed by atoms with E-state index in [1.54, 1.807) is 11.3 Å². The van der Waals surface area contributed by atoms with Crippen molar-refractivity contribution in [2.45, 2.75) is 13.0 Å². The Balaban J connectivity index is 1.82. The van der Waals surface area contributed by atoms with E-state index in [2.05, 4.69) is 15.6 Å². The Bertz CT molecular complexity index is 883. The van der Waals surface area contributed by atoms with Gasteiger partial charge in [0, 0.05) is 22.4 Å². The Morgan fingerprint density at radius 2 is 2.21 bits per heavy atom. The third-order valence-electron chi connectivity index (χ3n) is 3.59. The average Bonchev–Trinajstić information content (AvgIpc) is 3.23. The lowest BCUT2D eigenvalue weighted by Crippen LogP contribution is -2.33. The molecule has 0 radical (unpaired) electrons. The molecule has 0 atom stereocenters. The third kappa shape index (κ3) is 3.55. The van der Waals surface area contributed by atoms with Gasteiger partial charge in [0.2, 0.25) is 5.91 Å². The van der Waals surface area contributed by atoms with E-state index in [4.69, 9.17) is 0 Å². The minimum atomic E-state index is -0.178. The fourth-order valence-corrected chi connectivity index (χ4v) is 4.12. The van der Waals surface area contributed by atoms with E-state index in [1.165, 1.54) is 22.2 Å². The number of rotatable bonds is 7. The average molecular weight is 362 g/mol. The van der Waals surface area contributed by atoms with E-state index in [9.17, 15) is 9.59 Å². The first-order valence-electron chi connectivity index (χ1n) is 7.62. The number of hydrogen-bond donors (Lipinski definition) is 2. The molecule has 24 heavy (non-hydrogen) atoms. The number of nitrogens with one attached hydrogen (secondary N) is 2. The molecule has 3 rings (SSSR count). The summed E-state index contributed by atoms with van der Waals surface area (Å²) >= 11 is 3.03. The van der Waals surface area contributed by atoms with Gasteiger partial charge in [-0.05, 0) is 31.5 Å². The van der Waals surface area contributed by atoms with Crippen LogP contribution in [-0.2, 0) is 11.3 Å². The molecular weight excluding hydrogens is 344 g/mol. The van der Waals surface area contributed by atoms with Gasteiger partial charge in [-0.3, -0.25) is 14.2 Å². The molecular formula is C16H18N4O2S2. The molecule has 0 saturated heterocycles. The van der Waals surface area contributed by atoms with Gasteiger partial charge < -0.3 is 10.6 Å². The first-order chi connectivity index (χ1) is 11.7. The Hall–Kier alpha value is -2.03. The molecule has 126 valence electrons. The molecule has 0 unspecified atom stereocenters. The van der Waals surface area contributed by atoms with Crippen LogP contribution in [0.15, 0.2) is 34.0 Å². The summed E-state index contributed by atoms with van der Waals surface area (Å²) in [4.78, 5) is 30.8. The molecule has 3 aromatic heterocycles. The highest BCUT2D eigenvalue weighted by molar-refractivity contribution is 7.18. The van der Waals surface area contributed by atoms with Gasteiger partial charge in [0.25, 0.3) is 5.56 Å². The van der Waals surface area contributed by atoms with Gasteiger partial charge in [-0.15, -0.1) is 22.7 Å². The van der Waals surface area contributed by atoms with E-state index >= 15 is 0 Å². The van der Waals surface area contributed by atoms with Gasteiger partial charge in [0.15, 0.2) is 0 Å². The Morgan fingerprint density at radius 1 is 1.33 bits per heavy atom. The van der Waals surface area contributed by atoms with Crippen LogP contribution in [0.5, 0.6) is 0 Å². The van der Waals surface area contributed by atoms with Crippen LogP contribution in [0.4, 0.5) is 0 Å². The van der Waals surface area contributed by atoms with Gasteiger partial charge in [-0.25, -0.2) is 4.98 Å². The van der Waals surface area contributed by atoms with Gasteiger partial charge >= 0.3 is 0 Å². The number of thiophene rings is 2. The molecule has 0 bridgehead atoms. The molecule has 0 saturated carbocycles. The molecule has 2 N–H and O–H groups in total. The Morgan fingerprint density at radius 3 is 2.96 bits per heavy atom. The van der Waals surface area contributed by atoms with Gasteiger partial charge in [-0.1, -0.05) is 6.07 Å². The van der Waals surface area contributed by atoms with Crippen LogP contribution in [0.3, 0.4) is 0 Å². The summed E-state index contributed by atoms with van der Waals surface area (Å²) in [5, 5.41) is 10.4. The van der Waals surface area contributed by atoms with Crippen molar-refractivity contribution in [2.75, 3.05) is 20.1 Å². The van der Waals surface area contributed by atoms with Crippen molar-refractivity contribution in [3.05, 3.63) is 39.6 Å². The quantitative estimate of drug-likeness (QED) is 0.630. The molecule has 8 heteroatoms. The molecule has 0 fully saturated rings. The highest BCUT2D eigenvalue weighted by Crippen LogP contribution is 2.33. The highest BCUT2D eigenvalue weighted by Gasteiger charge is 2.15. The predicted molar refractivity (Wildman–Crippen MR) is 98.7 cm³/mol. The topological polar surface area (TPSA) is 76.0 Å².